The van der Waals surface area contributed by atoms with Crippen LogP contribution < -0.4 is 4.43 Å². The molecule has 4 heteroatoms. The van der Waals surface area contributed by atoms with E-state index in [1.165, 1.54) is 11.1 Å². The van der Waals surface area contributed by atoms with E-state index in [9.17, 15) is 9.90 Å². The summed E-state index contributed by atoms with van der Waals surface area (Å²) in [5.41, 5.74) is 2.72. The van der Waals surface area contributed by atoms with Gasteiger partial charge in [0.15, 0.2) is 0 Å². The molecule has 0 saturated heterocycles. The second-order valence-electron chi connectivity index (χ2n) is 9.04. The number of carboxylic acids is 1. The molecule has 1 aromatic carbocycles. The minimum absolute atomic E-state index is 0.169. The molecule has 126 valence electrons. The van der Waals surface area contributed by atoms with Crippen molar-refractivity contribution in [3.8, 4) is 5.75 Å². The number of carboxylic acid groups (broad SMARTS) is 1. The number of aliphatic carboxylic acids is 1. The van der Waals surface area contributed by atoms with Gasteiger partial charge >= 0.3 is 5.97 Å². The summed E-state index contributed by atoms with van der Waals surface area (Å²) in [6.07, 6.45) is 1.36. The third-order valence-electron chi connectivity index (χ3n) is 6.40. The lowest BCUT2D eigenvalue weighted by atomic mass is 9.92. The summed E-state index contributed by atoms with van der Waals surface area (Å²) in [5.74, 6) is 0.933. The SMILES string of the molecule is CC12CC1C(CC(=O)O)c1ccc(O[Si](C)(C)C(C)(C)C)cc12. The summed E-state index contributed by atoms with van der Waals surface area (Å²) in [4.78, 5) is 11.2. The highest BCUT2D eigenvalue weighted by atomic mass is 28.4. The molecule has 3 rings (SSSR count). The smallest absolute Gasteiger partial charge is 0.303 e. The highest BCUT2D eigenvalue weighted by Crippen LogP contribution is 2.68. The van der Waals surface area contributed by atoms with Gasteiger partial charge in [-0.25, -0.2) is 0 Å². The lowest BCUT2D eigenvalue weighted by molar-refractivity contribution is -0.137. The van der Waals surface area contributed by atoms with Crippen LogP contribution in [0, 0.1) is 5.92 Å². The maximum absolute atomic E-state index is 11.2. The van der Waals surface area contributed by atoms with Crippen molar-refractivity contribution in [1.82, 2.24) is 0 Å². The maximum Gasteiger partial charge on any atom is 0.303 e. The van der Waals surface area contributed by atoms with Crippen LogP contribution in [0.15, 0.2) is 18.2 Å². The van der Waals surface area contributed by atoms with Crippen LogP contribution in [0.2, 0.25) is 18.1 Å². The minimum atomic E-state index is -1.85. The number of hydrogen-bond acceptors (Lipinski definition) is 2. The average molecular weight is 333 g/mol. The van der Waals surface area contributed by atoms with Crippen LogP contribution in [0.3, 0.4) is 0 Å². The molecule has 0 heterocycles. The fraction of sp³-hybridized carbons (Fsp3) is 0.632. The van der Waals surface area contributed by atoms with E-state index in [0.29, 0.717) is 5.92 Å². The third-order valence-corrected chi connectivity index (χ3v) is 10.8. The molecular formula is C19H28O3Si. The van der Waals surface area contributed by atoms with Crippen molar-refractivity contribution in [3.05, 3.63) is 29.3 Å². The van der Waals surface area contributed by atoms with E-state index in [1.54, 1.807) is 0 Å². The van der Waals surface area contributed by atoms with Crippen LogP contribution in [0.5, 0.6) is 5.75 Å². The molecule has 0 aromatic heterocycles. The first-order valence-electron chi connectivity index (χ1n) is 8.51. The van der Waals surface area contributed by atoms with Crippen molar-refractivity contribution in [2.45, 2.75) is 70.0 Å². The third kappa shape index (κ3) is 2.61. The summed E-state index contributed by atoms with van der Waals surface area (Å²) in [7, 11) is -1.85. The Morgan fingerprint density at radius 3 is 2.61 bits per heavy atom. The molecule has 3 unspecified atom stereocenters. The fourth-order valence-corrected chi connectivity index (χ4v) is 4.84. The van der Waals surface area contributed by atoms with Crippen LogP contribution in [0.4, 0.5) is 0 Å². The molecule has 1 N–H and O–H groups in total. The molecule has 2 aliphatic carbocycles. The van der Waals surface area contributed by atoms with Crippen molar-refractivity contribution < 1.29 is 14.3 Å². The normalized spacial score (nSPS) is 29.0. The van der Waals surface area contributed by atoms with E-state index in [0.717, 1.165) is 12.2 Å². The molecule has 3 atom stereocenters. The molecule has 0 aliphatic heterocycles. The fourth-order valence-electron chi connectivity index (χ4n) is 3.82. The van der Waals surface area contributed by atoms with E-state index in [-0.39, 0.29) is 22.8 Å². The van der Waals surface area contributed by atoms with Gasteiger partial charge < -0.3 is 9.53 Å². The average Bonchev–Trinajstić information content (AvgIpc) is 3.02. The molecule has 0 radical (unpaired) electrons. The molecule has 0 amide bonds. The minimum Gasteiger partial charge on any atom is -0.543 e. The maximum atomic E-state index is 11.2. The Bertz CT molecular complexity index is 659. The van der Waals surface area contributed by atoms with Crippen molar-refractivity contribution >= 4 is 14.3 Å². The molecule has 1 saturated carbocycles. The van der Waals surface area contributed by atoms with Crippen molar-refractivity contribution in [1.29, 1.82) is 0 Å². The highest BCUT2D eigenvalue weighted by Gasteiger charge is 2.61. The number of carbonyl (C=O) groups is 1. The van der Waals surface area contributed by atoms with Crippen molar-refractivity contribution in [2.24, 2.45) is 5.92 Å². The van der Waals surface area contributed by atoms with Gasteiger partial charge in [-0.3, -0.25) is 4.79 Å². The summed E-state index contributed by atoms with van der Waals surface area (Å²) in [6, 6.07) is 6.35. The lowest BCUT2D eigenvalue weighted by Gasteiger charge is -2.36. The quantitative estimate of drug-likeness (QED) is 0.796. The van der Waals surface area contributed by atoms with Crippen LogP contribution >= 0.6 is 0 Å². The van der Waals surface area contributed by atoms with E-state index in [4.69, 9.17) is 4.43 Å². The predicted octanol–water partition coefficient (Wildman–Crippen LogP) is 4.92. The van der Waals surface area contributed by atoms with Crippen LogP contribution in [-0.4, -0.2) is 19.4 Å². The van der Waals surface area contributed by atoms with Gasteiger partial charge in [0.25, 0.3) is 0 Å². The Hall–Kier alpha value is -1.29. The standard InChI is InChI=1S/C19H28O3Si/c1-18(2,3)23(5,6)22-12-7-8-13-14(10-17(20)21)16-11-19(16,4)15(13)9-12/h7-9,14,16H,10-11H2,1-6H3,(H,20,21). The Balaban J connectivity index is 1.91. The topological polar surface area (TPSA) is 46.5 Å². The van der Waals surface area contributed by atoms with Crippen molar-refractivity contribution in [2.75, 3.05) is 0 Å². The molecule has 2 aliphatic rings. The van der Waals surface area contributed by atoms with Gasteiger partial charge in [-0.15, -0.1) is 0 Å². The Labute approximate surface area is 140 Å². The zero-order valence-corrected chi connectivity index (χ0v) is 16.1. The monoisotopic (exact) mass is 332 g/mol. The lowest BCUT2D eigenvalue weighted by Crippen LogP contribution is -2.43. The predicted molar refractivity (Wildman–Crippen MR) is 94.7 cm³/mol. The number of benzene rings is 1. The van der Waals surface area contributed by atoms with Crippen LogP contribution in [0.25, 0.3) is 0 Å². The summed E-state index contributed by atoms with van der Waals surface area (Å²) in [6.45, 7) is 13.5. The first-order chi connectivity index (χ1) is 10.5. The van der Waals surface area contributed by atoms with Gasteiger partial charge in [0.05, 0.1) is 6.42 Å². The molecule has 1 aromatic rings. The zero-order valence-electron chi connectivity index (χ0n) is 15.1. The molecule has 0 spiro atoms. The Kier molecular flexibility index (Phi) is 3.49. The second-order valence-corrected chi connectivity index (χ2v) is 13.8. The van der Waals surface area contributed by atoms with Crippen LogP contribution in [0.1, 0.15) is 57.6 Å². The first-order valence-corrected chi connectivity index (χ1v) is 11.4. The Morgan fingerprint density at radius 2 is 2.04 bits per heavy atom. The van der Waals surface area contributed by atoms with E-state index in [1.807, 2.05) is 6.07 Å². The number of rotatable bonds is 4. The highest BCUT2D eigenvalue weighted by molar-refractivity contribution is 6.74. The van der Waals surface area contributed by atoms with Gasteiger partial charge in [-0.1, -0.05) is 33.8 Å². The van der Waals surface area contributed by atoms with E-state index >= 15 is 0 Å². The van der Waals surface area contributed by atoms with Gasteiger partial charge in [-0.05, 0) is 65.1 Å². The van der Waals surface area contributed by atoms with E-state index in [2.05, 4.69) is 52.9 Å². The van der Waals surface area contributed by atoms with Gasteiger partial charge in [0, 0.05) is 0 Å². The first kappa shape index (κ1) is 16.6. The Morgan fingerprint density at radius 1 is 1.39 bits per heavy atom. The molecule has 1 fully saturated rings. The molecule has 0 bridgehead atoms. The van der Waals surface area contributed by atoms with Gasteiger partial charge in [-0.2, -0.15) is 0 Å². The summed E-state index contributed by atoms with van der Waals surface area (Å²) in [5, 5.41) is 9.37. The summed E-state index contributed by atoms with van der Waals surface area (Å²) >= 11 is 0. The number of fused-ring (bicyclic) bond motifs is 3. The van der Waals surface area contributed by atoms with Crippen LogP contribution in [-0.2, 0) is 10.2 Å². The van der Waals surface area contributed by atoms with Gasteiger partial charge in [0.1, 0.15) is 5.75 Å². The second kappa shape index (κ2) is 4.85. The van der Waals surface area contributed by atoms with Gasteiger partial charge in [0.2, 0.25) is 8.32 Å². The number of hydrogen-bond donors (Lipinski definition) is 1. The molecular weight excluding hydrogens is 304 g/mol. The van der Waals surface area contributed by atoms with Crippen molar-refractivity contribution in [3.63, 3.8) is 0 Å². The largest absolute Gasteiger partial charge is 0.543 e. The van der Waals surface area contributed by atoms with E-state index < -0.39 is 14.3 Å². The molecule has 23 heavy (non-hydrogen) atoms. The molecule has 3 nitrogen and oxygen atoms in total. The zero-order chi connectivity index (χ0) is 17.2. The summed E-state index contributed by atoms with van der Waals surface area (Å²) < 4.78 is 6.44.